The number of rotatable bonds is 5. The molecule has 1 heterocycles. The van der Waals surface area contributed by atoms with Crippen LogP contribution in [-0.2, 0) is 0 Å². The predicted molar refractivity (Wildman–Crippen MR) is 96.8 cm³/mol. The van der Waals surface area contributed by atoms with E-state index in [2.05, 4.69) is 20.5 Å². The summed E-state index contributed by atoms with van der Waals surface area (Å²) in [6.45, 7) is 0. The fraction of sp³-hybridized carbons (Fsp3) is 0. The van der Waals surface area contributed by atoms with E-state index in [-0.39, 0.29) is 10.8 Å². The van der Waals surface area contributed by atoms with E-state index in [1.165, 1.54) is 18.3 Å². The summed E-state index contributed by atoms with van der Waals surface area (Å²) in [7, 11) is 0. The SMILES string of the molecule is O=[N+]([O-])c1cccc(C=NNc2cc(Cl)nc(-c3ccccc3)n2)c1. The molecular formula is C17H12ClN5O2. The van der Waals surface area contributed by atoms with Gasteiger partial charge in [0.25, 0.3) is 5.69 Å². The molecule has 7 nitrogen and oxygen atoms in total. The lowest BCUT2D eigenvalue weighted by Crippen LogP contribution is -1.98. The highest BCUT2D eigenvalue weighted by atomic mass is 35.5. The van der Waals surface area contributed by atoms with Crippen molar-refractivity contribution in [2.75, 3.05) is 5.43 Å². The molecule has 0 bridgehead atoms. The van der Waals surface area contributed by atoms with Gasteiger partial charge in [-0.3, -0.25) is 15.5 Å². The number of hydrazone groups is 1. The van der Waals surface area contributed by atoms with Crippen LogP contribution in [0.5, 0.6) is 0 Å². The van der Waals surface area contributed by atoms with Gasteiger partial charge in [-0.25, -0.2) is 9.97 Å². The summed E-state index contributed by atoms with van der Waals surface area (Å²) in [6, 6.07) is 17.1. The average Bonchev–Trinajstić information content (AvgIpc) is 2.62. The van der Waals surface area contributed by atoms with Crippen molar-refractivity contribution in [2.24, 2.45) is 5.10 Å². The van der Waals surface area contributed by atoms with Gasteiger partial charge in [-0.2, -0.15) is 5.10 Å². The first-order valence-electron chi connectivity index (χ1n) is 7.25. The maximum Gasteiger partial charge on any atom is 0.270 e. The van der Waals surface area contributed by atoms with E-state index in [0.717, 1.165) is 5.56 Å². The molecule has 25 heavy (non-hydrogen) atoms. The van der Waals surface area contributed by atoms with Crippen molar-refractivity contribution in [3.63, 3.8) is 0 Å². The van der Waals surface area contributed by atoms with Crippen LogP contribution in [0.4, 0.5) is 11.5 Å². The molecule has 0 aliphatic rings. The predicted octanol–water partition coefficient (Wildman–Crippen LogP) is 4.15. The second-order valence-electron chi connectivity index (χ2n) is 4.99. The molecule has 0 unspecified atom stereocenters. The van der Waals surface area contributed by atoms with Crippen LogP contribution in [0.2, 0.25) is 5.15 Å². The van der Waals surface area contributed by atoms with Crippen LogP contribution in [0.1, 0.15) is 5.56 Å². The highest BCUT2D eigenvalue weighted by molar-refractivity contribution is 6.29. The number of hydrogen-bond donors (Lipinski definition) is 1. The van der Waals surface area contributed by atoms with Crippen LogP contribution in [-0.4, -0.2) is 21.1 Å². The van der Waals surface area contributed by atoms with Gasteiger partial charge in [0.1, 0.15) is 5.15 Å². The van der Waals surface area contributed by atoms with E-state index >= 15 is 0 Å². The number of nitro benzene ring substituents is 1. The zero-order valence-electron chi connectivity index (χ0n) is 12.8. The molecule has 0 radical (unpaired) electrons. The lowest BCUT2D eigenvalue weighted by molar-refractivity contribution is -0.384. The van der Waals surface area contributed by atoms with Crippen LogP contribution in [0, 0.1) is 10.1 Å². The van der Waals surface area contributed by atoms with E-state index in [0.29, 0.717) is 17.2 Å². The van der Waals surface area contributed by atoms with Gasteiger partial charge >= 0.3 is 0 Å². The molecule has 0 saturated heterocycles. The highest BCUT2D eigenvalue weighted by Gasteiger charge is 2.06. The minimum atomic E-state index is -0.457. The molecule has 0 atom stereocenters. The van der Waals surface area contributed by atoms with E-state index < -0.39 is 4.92 Å². The van der Waals surface area contributed by atoms with Gasteiger partial charge in [-0.15, -0.1) is 0 Å². The largest absolute Gasteiger partial charge is 0.270 e. The number of nitrogens with zero attached hydrogens (tertiary/aromatic N) is 4. The van der Waals surface area contributed by atoms with E-state index in [1.807, 2.05) is 30.3 Å². The smallest absolute Gasteiger partial charge is 0.261 e. The van der Waals surface area contributed by atoms with Crippen LogP contribution in [0.25, 0.3) is 11.4 Å². The second kappa shape index (κ2) is 7.50. The fourth-order valence-corrected chi connectivity index (χ4v) is 2.27. The van der Waals surface area contributed by atoms with Gasteiger partial charge in [-0.1, -0.05) is 54.1 Å². The second-order valence-corrected chi connectivity index (χ2v) is 5.37. The van der Waals surface area contributed by atoms with Crippen molar-refractivity contribution in [1.82, 2.24) is 9.97 Å². The first-order chi connectivity index (χ1) is 12.1. The summed E-state index contributed by atoms with van der Waals surface area (Å²) < 4.78 is 0. The van der Waals surface area contributed by atoms with Crippen molar-refractivity contribution in [3.8, 4) is 11.4 Å². The van der Waals surface area contributed by atoms with Crippen molar-refractivity contribution in [1.29, 1.82) is 0 Å². The van der Waals surface area contributed by atoms with Gasteiger partial charge in [-0.05, 0) is 0 Å². The van der Waals surface area contributed by atoms with Gasteiger partial charge in [0.05, 0.1) is 11.1 Å². The Morgan fingerprint density at radius 2 is 1.88 bits per heavy atom. The Kier molecular flexibility index (Phi) is 4.96. The molecule has 0 aliphatic heterocycles. The fourth-order valence-electron chi connectivity index (χ4n) is 2.08. The molecule has 8 heteroatoms. The molecule has 3 rings (SSSR count). The monoisotopic (exact) mass is 353 g/mol. The standard InChI is InChI=1S/C17H12ClN5O2/c18-15-10-16(21-17(20-15)13-6-2-1-3-7-13)22-19-11-12-5-4-8-14(9-12)23(24)25/h1-11H,(H,20,21,22). The molecule has 1 aromatic heterocycles. The Balaban J connectivity index is 1.78. The lowest BCUT2D eigenvalue weighted by Gasteiger charge is -2.04. The number of nitro groups is 1. The summed E-state index contributed by atoms with van der Waals surface area (Å²) in [5, 5.41) is 15.1. The molecule has 0 amide bonds. The van der Waals surface area contributed by atoms with E-state index in [9.17, 15) is 10.1 Å². The third-order valence-corrected chi connectivity index (χ3v) is 3.39. The van der Waals surface area contributed by atoms with Gasteiger partial charge in [0.15, 0.2) is 11.6 Å². The first-order valence-corrected chi connectivity index (χ1v) is 7.63. The van der Waals surface area contributed by atoms with Crippen molar-refractivity contribution >= 4 is 29.3 Å². The van der Waals surface area contributed by atoms with E-state index in [4.69, 9.17) is 11.6 Å². The highest BCUT2D eigenvalue weighted by Crippen LogP contribution is 2.20. The summed E-state index contributed by atoms with van der Waals surface area (Å²) in [5.74, 6) is 0.890. The third-order valence-electron chi connectivity index (χ3n) is 3.20. The number of nitrogens with one attached hydrogen (secondary N) is 1. The van der Waals surface area contributed by atoms with E-state index in [1.54, 1.807) is 18.2 Å². The summed E-state index contributed by atoms with van der Waals surface area (Å²) >= 11 is 6.03. The van der Waals surface area contributed by atoms with Crippen molar-refractivity contribution in [2.45, 2.75) is 0 Å². The van der Waals surface area contributed by atoms with Gasteiger partial charge < -0.3 is 0 Å². The van der Waals surface area contributed by atoms with Crippen LogP contribution in [0.3, 0.4) is 0 Å². The molecule has 0 aliphatic carbocycles. The van der Waals surface area contributed by atoms with Gasteiger partial charge in [0, 0.05) is 29.3 Å². The molecule has 0 spiro atoms. The summed E-state index contributed by atoms with van der Waals surface area (Å²) in [4.78, 5) is 18.9. The summed E-state index contributed by atoms with van der Waals surface area (Å²) in [6.07, 6.45) is 1.46. The first kappa shape index (κ1) is 16.5. The Labute approximate surface area is 148 Å². The maximum atomic E-state index is 10.8. The van der Waals surface area contributed by atoms with Gasteiger partial charge in [0.2, 0.25) is 0 Å². The zero-order valence-corrected chi connectivity index (χ0v) is 13.6. The molecule has 0 fully saturated rings. The summed E-state index contributed by atoms with van der Waals surface area (Å²) in [5.41, 5.74) is 4.17. The number of hydrogen-bond acceptors (Lipinski definition) is 6. The minimum Gasteiger partial charge on any atom is -0.261 e. The molecule has 2 aromatic carbocycles. The Morgan fingerprint density at radius 3 is 2.64 bits per heavy atom. The molecular weight excluding hydrogens is 342 g/mol. The average molecular weight is 354 g/mol. The Hall–Kier alpha value is -3.32. The number of benzene rings is 2. The molecule has 0 saturated carbocycles. The zero-order chi connectivity index (χ0) is 17.6. The Bertz CT molecular complexity index is 931. The minimum absolute atomic E-state index is 0.000365. The molecule has 124 valence electrons. The van der Waals surface area contributed by atoms with Crippen LogP contribution < -0.4 is 5.43 Å². The van der Waals surface area contributed by atoms with Crippen molar-refractivity contribution in [3.05, 3.63) is 81.5 Å². The number of halogens is 1. The molecule has 1 N–H and O–H groups in total. The van der Waals surface area contributed by atoms with Crippen LogP contribution >= 0.6 is 11.6 Å². The van der Waals surface area contributed by atoms with Crippen LogP contribution in [0.15, 0.2) is 65.8 Å². The lowest BCUT2D eigenvalue weighted by atomic mass is 10.2. The topological polar surface area (TPSA) is 93.3 Å². The molecule has 3 aromatic rings. The number of anilines is 1. The maximum absolute atomic E-state index is 10.8. The van der Waals surface area contributed by atoms with Crippen molar-refractivity contribution < 1.29 is 4.92 Å². The third kappa shape index (κ3) is 4.36. The Morgan fingerprint density at radius 1 is 1.08 bits per heavy atom. The quantitative estimate of drug-likeness (QED) is 0.322. The normalized spacial score (nSPS) is 10.8. The number of aromatic nitrogens is 2. The number of non-ortho nitro benzene ring substituents is 1.